The number of aromatic nitrogens is 1. The van der Waals surface area contributed by atoms with Crippen molar-refractivity contribution in [2.75, 3.05) is 25.5 Å². The highest BCUT2D eigenvalue weighted by atomic mass is 16.5. The van der Waals surface area contributed by atoms with E-state index >= 15 is 0 Å². The van der Waals surface area contributed by atoms with Gasteiger partial charge in [-0.1, -0.05) is 6.07 Å². The summed E-state index contributed by atoms with van der Waals surface area (Å²) in [6.45, 7) is 3.67. The van der Waals surface area contributed by atoms with E-state index in [0.717, 1.165) is 48.6 Å². The summed E-state index contributed by atoms with van der Waals surface area (Å²) >= 11 is 0. The number of ether oxygens (including phenoxy) is 1. The van der Waals surface area contributed by atoms with E-state index in [1.54, 1.807) is 19.4 Å². The highest BCUT2D eigenvalue weighted by molar-refractivity contribution is 5.93. The summed E-state index contributed by atoms with van der Waals surface area (Å²) in [4.78, 5) is 18.5. The molecular formula is C18H21N3O2. The maximum Gasteiger partial charge on any atom is 0.272 e. The minimum absolute atomic E-state index is 0.00218. The number of nitrogens with zero attached hydrogens (tertiary/aromatic N) is 2. The number of rotatable bonds is 4. The lowest BCUT2D eigenvalue weighted by atomic mass is 10.2. The van der Waals surface area contributed by atoms with Crippen molar-refractivity contribution in [1.29, 1.82) is 0 Å². The van der Waals surface area contributed by atoms with Gasteiger partial charge in [-0.05, 0) is 49.6 Å². The molecule has 1 N–H and O–H groups in total. The van der Waals surface area contributed by atoms with Crippen LogP contribution < -0.4 is 10.1 Å². The smallest absolute Gasteiger partial charge is 0.272 e. The maximum absolute atomic E-state index is 12.4. The molecule has 23 heavy (non-hydrogen) atoms. The Labute approximate surface area is 136 Å². The van der Waals surface area contributed by atoms with Gasteiger partial charge in [0, 0.05) is 25.0 Å². The number of amides is 1. The molecule has 1 aliphatic rings. The van der Waals surface area contributed by atoms with E-state index in [-0.39, 0.29) is 5.91 Å². The lowest BCUT2D eigenvalue weighted by Crippen LogP contribution is -2.28. The third-order valence-corrected chi connectivity index (χ3v) is 4.01. The number of nitrogens with one attached hydrogen (secondary N) is 1. The number of aryl methyl sites for hydroxylation is 1. The summed E-state index contributed by atoms with van der Waals surface area (Å²) in [5, 5.41) is 3.31. The van der Waals surface area contributed by atoms with Gasteiger partial charge in [-0.3, -0.25) is 9.78 Å². The molecule has 0 atom stereocenters. The van der Waals surface area contributed by atoms with Crippen LogP contribution in [-0.2, 0) is 0 Å². The normalized spacial score (nSPS) is 13.9. The molecule has 1 fully saturated rings. The molecule has 2 aromatic rings. The molecule has 1 aliphatic heterocycles. The van der Waals surface area contributed by atoms with Crippen LogP contribution >= 0.6 is 0 Å². The van der Waals surface area contributed by atoms with E-state index in [9.17, 15) is 4.79 Å². The Bertz CT molecular complexity index is 709. The molecule has 0 aliphatic carbocycles. The van der Waals surface area contributed by atoms with Crippen molar-refractivity contribution in [2.24, 2.45) is 0 Å². The second kappa shape index (κ2) is 6.69. The van der Waals surface area contributed by atoms with Gasteiger partial charge in [0.05, 0.1) is 12.8 Å². The van der Waals surface area contributed by atoms with E-state index < -0.39 is 0 Å². The molecule has 1 aromatic carbocycles. The van der Waals surface area contributed by atoms with Gasteiger partial charge < -0.3 is 15.0 Å². The van der Waals surface area contributed by atoms with Crippen LogP contribution in [0.4, 0.5) is 11.4 Å². The first-order chi connectivity index (χ1) is 11.2. The number of hydrogen-bond donors (Lipinski definition) is 1. The van der Waals surface area contributed by atoms with Crippen molar-refractivity contribution in [1.82, 2.24) is 9.88 Å². The molecule has 0 saturated carbocycles. The highest BCUT2D eigenvalue weighted by Crippen LogP contribution is 2.28. The molecular weight excluding hydrogens is 290 g/mol. The van der Waals surface area contributed by atoms with E-state index in [1.807, 2.05) is 36.1 Å². The largest absolute Gasteiger partial charge is 0.495 e. The zero-order chi connectivity index (χ0) is 16.2. The van der Waals surface area contributed by atoms with E-state index in [4.69, 9.17) is 4.74 Å². The first kappa shape index (κ1) is 15.3. The number of pyridine rings is 1. The van der Waals surface area contributed by atoms with Crippen LogP contribution in [0.15, 0.2) is 36.5 Å². The zero-order valence-corrected chi connectivity index (χ0v) is 13.5. The minimum atomic E-state index is 0.00218. The Hall–Kier alpha value is -2.56. The van der Waals surface area contributed by atoms with Gasteiger partial charge in [-0.25, -0.2) is 0 Å². The zero-order valence-electron chi connectivity index (χ0n) is 13.5. The Kier molecular flexibility index (Phi) is 4.46. The number of carbonyl (C=O) groups excluding carboxylic acids is 1. The first-order valence-corrected chi connectivity index (χ1v) is 7.84. The fourth-order valence-electron chi connectivity index (χ4n) is 2.78. The molecule has 0 bridgehead atoms. The molecule has 5 heteroatoms. The predicted octanol–water partition coefficient (Wildman–Crippen LogP) is 3.38. The summed E-state index contributed by atoms with van der Waals surface area (Å²) in [5.41, 5.74) is 3.31. The summed E-state index contributed by atoms with van der Waals surface area (Å²) in [5.74, 6) is 0.766. The van der Waals surface area contributed by atoms with Crippen LogP contribution in [0.25, 0.3) is 0 Å². The Morgan fingerprint density at radius 3 is 2.74 bits per heavy atom. The van der Waals surface area contributed by atoms with Crippen molar-refractivity contribution in [3.63, 3.8) is 0 Å². The minimum Gasteiger partial charge on any atom is -0.495 e. The molecule has 0 radical (unpaired) electrons. The van der Waals surface area contributed by atoms with Gasteiger partial charge in [-0.2, -0.15) is 0 Å². The van der Waals surface area contributed by atoms with Crippen LogP contribution in [0.3, 0.4) is 0 Å². The second-order valence-corrected chi connectivity index (χ2v) is 5.76. The molecule has 3 rings (SSSR count). The summed E-state index contributed by atoms with van der Waals surface area (Å²) in [6.07, 6.45) is 3.81. The highest BCUT2D eigenvalue weighted by Gasteiger charge is 2.20. The van der Waals surface area contributed by atoms with Crippen molar-refractivity contribution >= 4 is 17.3 Å². The Balaban J connectivity index is 1.83. The number of hydrogen-bond acceptors (Lipinski definition) is 4. The Morgan fingerprint density at radius 2 is 2.00 bits per heavy atom. The number of carbonyl (C=O) groups is 1. The standard InChI is InChI=1S/C18H21N3O2/c1-13-5-6-17(23-2)15(11-13)20-14-7-8-19-16(12-14)18(22)21-9-3-4-10-21/h5-8,11-12H,3-4,9-10H2,1-2H3,(H,19,20). The lowest BCUT2D eigenvalue weighted by molar-refractivity contribution is 0.0787. The number of likely N-dealkylation sites (tertiary alicyclic amines) is 1. The van der Waals surface area contributed by atoms with Crippen LogP contribution in [0.1, 0.15) is 28.9 Å². The average Bonchev–Trinajstić information content (AvgIpc) is 3.09. The van der Waals surface area contributed by atoms with Crippen LogP contribution in [-0.4, -0.2) is 36.0 Å². The maximum atomic E-state index is 12.4. The first-order valence-electron chi connectivity index (χ1n) is 7.84. The van der Waals surface area contributed by atoms with Crippen molar-refractivity contribution in [3.05, 3.63) is 47.8 Å². The topological polar surface area (TPSA) is 54.5 Å². The van der Waals surface area contributed by atoms with Crippen LogP contribution in [0.5, 0.6) is 5.75 Å². The van der Waals surface area contributed by atoms with Gasteiger partial charge in [0.1, 0.15) is 11.4 Å². The quantitative estimate of drug-likeness (QED) is 0.940. The molecule has 5 nitrogen and oxygen atoms in total. The van der Waals surface area contributed by atoms with Crippen LogP contribution in [0.2, 0.25) is 0 Å². The average molecular weight is 311 g/mol. The molecule has 120 valence electrons. The molecule has 1 aromatic heterocycles. The van der Waals surface area contributed by atoms with Crippen molar-refractivity contribution in [3.8, 4) is 5.75 Å². The summed E-state index contributed by atoms with van der Waals surface area (Å²) in [7, 11) is 1.64. The molecule has 0 spiro atoms. The van der Waals surface area contributed by atoms with Crippen LogP contribution in [0, 0.1) is 6.92 Å². The van der Waals surface area contributed by atoms with E-state index in [1.165, 1.54) is 0 Å². The van der Waals surface area contributed by atoms with Gasteiger partial charge in [-0.15, -0.1) is 0 Å². The summed E-state index contributed by atoms with van der Waals surface area (Å²) in [6, 6.07) is 9.58. The molecule has 1 amide bonds. The monoisotopic (exact) mass is 311 g/mol. The van der Waals surface area contributed by atoms with Gasteiger partial charge >= 0.3 is 0 Å². The van der Waals surface area contributed by atoms with Crippen molar-refractivity contribution < 1.29 is 9.53 Å². The fourth-order valence-corrected chi connectivity index (χ4v) is 2.78. The SMILES string of the molecule is COc1ccc(C)cc1Nc1ccnc(C(=O)N2CCCC2)c1. The Morgan fingerprint density at radius 1 is 1.22 bits per heavy atom. The summed E-state index contributed by atoms with van der Waals surface area (Å²) < 4.78 is 5.38. The molecule has 1 saturated heterocycles. The van der Waals surface area contributed by atoms with Gasteiger partial charge in [0.25, 0.3) is 5.91 Å². The van der Waals surface area contributed by atoms with Crippen molar-refractivity contribution in [2.45, 2.75) is 19.8 Å². The van der Waals surface area contributed by atoms with E-state index in [0.29, 0.717) is 5.69 Å². The number of anilines is 2. The molecule has 2 heterocycles. The predicted molar refractivity (Wildman–Crippen MR) is 90.4 cm³/mol. The lowest BCUT2D eigenvalue weighted by Gasteiger charge is -2.16. The third kappa shape index (κ3) is 3.44. The van der Waals surface area contributed by atoms with Gasteiger partial charge in [0.15, 0.2) is 0 Å². The molecule has 0 unspecified atom stereocenters. The van der Waals surface area contributed by atoms with E-state index in [2.05, 4.69) is 10.3 Å². The number of methoxy groups -OCH3 is 1. The van der Waals surface area contributed by atoms with Gasteiger partial charge in [0.2, 0.25) is 0 Å². The number of benzene rings is 1. The second-order valence-electron chi connectivity index (χ2n) is 5.76. The third-order valence-electron chi connectivity index (χ3n) is 4.01. The fraction of sp³-hybridized carbons (Fsp3) is 0.333.